The van der Waals surface area contributed by atoms with E-state index in [2.05, 4.69) is 56.6 Å². The summed E-state index contributed by atoms with van der Waals surface area (Å²) in [5.41, 5.74) is 0.00102. The lowest BCUT2D eigenvalue weighted by Crippen LogP contribution is -2.45. The summed E-state index contributed by atoms with van der Waals surface area (Å²) in [5, 5.41) is 3.46. The molecule has 2 N–H and O–H groups in total. The third kappa shape index (κ3) is 1.69. The van der Waals surface area contributed by atoms with Gasteiger partial charge >= 0.3 is 0 Å². The van der Waals surface area contributed by atoms with Gasteiger partial charge in [-0.3, -0.25) is 4.79 Å². The maximum absolute atomic E-state index is 11.7. The van der Waals surface area contributed by atoms with E-state index in [1.54, 1.807) is 0 Å². The van der Waals surface area contributed by atoms with E-state index < -0.39 is 0 Å². The van der Waals surface area contributed by atoms with Crippen molar-refractivity contribution < 1.29 is 0 Å². The Bertz CT molecular complexity index is 527. The minimum Gasteiger partial charge on any atom is -0.350 e. The van der Waals surface area contributed by atoms with Crippen LogP contribution in [0.25, 0.3) is 0 Å². The summed E-state index contributed by atoms with van der Waals surface area (Å²) < 4.78 is 0.691. The Hall–Kier alpha value is -0.630. The smallest absolute Gasteiger partial charge is 0.266 e. The van der Waals surface area contributed by atoms with Crippen molar-refractivity contribution in [1.29, 1.82) is 0 Å². The normalized spacial score (nSPS) is 29.6. The number of halogens is 1. The first kappa shape index (κ1) is 12.4. The average molecular weight is 360 g/mol. The van der Waals surface area contributed by atoms with Crippen LogP contribution in [-0.4, -0.2) is 35.1 Å². The van der Waals surface area contributed by atoms with E-state index in [1.165, 1.54) is 6.33 Å². The Labute approximate surface area is 120 Å². The van der Waals surface area contributed by atoms with Crippen molar-refractivity contribution in [3.05, 3.63) is 20.3 Å². The van der Waals surface area contributed by atoms with Crippen molar-refractivity contribution in [2.75, 3.05) is 24.5 Å². The lowest BCUT2D eigenvalue weighted by atomic mass is 9.85. The predicted molar refractivity (Wildman–Crippen MR) is 78.8 cm³/mol. The van der Waals surface area contributed by atoms with Gasteiger partial charge in [0.1, 0.15) is 9.39 Å². The number of H-pyrrole nitrogens is 1. The van der Waals surface area contributed by atoms with E-state index in [0.29, 0.717) is 15.4 Å². The van der Waals surface area contributed by atoms with Crippen molar-refractivity contribution in [1.82, 2.24) is 15.3 Å². The molecule has 1 aromatic heterocycles. The Kier molecular flexibility index (Phi) is 2.89. The minimum absolute atomic E-state index is 0.0495. The van der Waals surface area contributed by atoms with Crippen LogP contribution in [0.5, 0.6) is 0 Å². The van der Waals surface area contributed by atoms with Crippen LogP contribution in [0.3, 0.4) is 0 Å². The fourth-order valence-corrected chi connectivity index (χ4v) is 3.93. The molecule has 1 aromatic rings. The maximum Gasteiger partial charge on any atom is 0.266 e. The highest BCUT2D eigenvalue weighted by Crippen LogP contribution is 2.42. The molecule has 0 saturated carbocycles. The highest BCUT2D eigenvalue weighted by molar-refractivity contribution is 14.1. The third-order valence-electron chi connectivity index (χ3n) is 4.39. The van der Waals surface area contributed by atoms with Gasteiger partial charge < -0.3 is 15.2 Å². The third-order valence-corrected chi connectivity index (χ3v) is 5.37. The van der Waals surface area contributed by atoms with Crippen molar-refractivity contribution in [2.45, 2.75) is 19.4 Å². The summed E-state index contributed by atoms with van der Waals surface area (Å²) in [6, 6.07) is 0. The van der Waals surface area contributed by atoms with E-state index in [4.69, 9.17) is 0 Å². The molecule has 18 heavy (non-hydrogen) atoms. The van der Waals surface area contributed by atoms with Crippen LogP contribution in [0, 0.1) is 15.4 Å². The molecule has 0 bridgehead atoms. The quantitative estimate of drug-likeness (QED) is 0.728. The summed E-state index contributed by atoms with van der Waals surface area (Å²) in [7, 11) is 0. The second-order valence-corrected chi connectivity index (χ2v) is 6.74. The van der Waals surface area contributed by atoms with Crippen LogP contribution in [0.1, 0.15) is 13.8 Å². The van der Waals surface area contributed by atoms with E-state index in [-0.39, 0.29) is 11.1 Å². The molecule has 2 unspecified atom stereocenters. The molecule has 2 aliphatic heterocycles. The van der Waals surface area contributed by atoms with Crippen LogP contribution in [0.4, 0.5) is 5.82 Å². The summed E-state index contributed by atoms with van der Waals surface area (Å²) in [6.07, 6.45) is 1.50. The Balaban J connectivity index is 2.03. The van der Waals surface area contributed by atoms with Crippen molar-refractivity contribution >= 4 is 28.4 Å². The predicted octanol–water partition coefficient (Wildman–Crippen LogP) is 0.809. The molecule has 2 aliphatic rings. The van der Waals surface area contributed by atoms with Crippen LogP contribution in [-0.2, 0) is 0 Å². The molecule has 3 heterocycles. The van der Waals surface area contributed by atoms with Gasteiger partial charge in [0.2, 0.25) is 0 Å². The summed E-state index contributed by atoms with van der Waals surface area (Å²) in [4.78, 5) is 21.0. The molecular weight excluding hydrogens is 343 g/mol. The monoisotopic (exact) mass is 360 g/mol. The molecule has 2 saturated heterocycles. The zero-order valence-electron chi connectivity index (χ0n) is 10.5. The molecule has 0 radical (unpaired) electrons. The number of nitrogens with zero attached hydrogens (tertiary/aromatic N) is 2. The van der Waals surface area contributed by atoms with Crippen LogP contribution >= 0.6 is 22.6 Å². The number of anilines is 1. The summed E-state index contributed by atoms with van der Waals surface area (Å²) >= 11 is 2.09. The Morgan fingerprint density at radius 3 is 3.00 bits per heavy atom. The van der Waals surface area contributed by atoms with Gasteiger partial charge in [-0.2, -0.15) is 0 Å². The first-order valence-corrected chi connectivity index (χ1v) is 7.31. The highest BCUT2D eigenvalue weighted by Gasteiger charge is 2.50. The van der Waals surface area contributed by atoms with Crippen molar-refractivity contribution in [2.24, 2.45) is 11.8 Å². The second-order valence-electron chi connectivity index (χ2n) is 5.66. The van der Waals surface area contributed by atoms with Gasteiger partial charge in [0, 0.05) is 25.2 Å². The number of hydrogen-bond donors (Lipinski definition) is 2. The Morgan fingerprint density at radius 2 is 2.28 bits per heavy atom. The minimum atomic E-state index is -0.0495. The van der Waals surface area contributed by atoms with Gasteiger partial charge in [-0.25, -0.2) is 4.98 Å². The van der Waals surface area contributed by atoms with Crippen molar-refractivity contribution in [3.63, 3.8) is 0 Å². The topological polar surface area (TPSA) is 61.0 Å². The molecule has 2 fully saturated rings. The molecule has 98 valence electrons. The SMILES string of the molecule is CC1(C)C2CNCC2CN1c1nc[nH]c(=O)c1I. The van der Waals surface area contributed by atoms with Crippen LogP contribution in [0.15, 0.2) is 11.1 Å². The molecule has 0 amide bonds. The van der Waals surface area contributed by atoms with Gasteiger partial charge in [0.15, 0.2) is 0 Å². The number of aromatic amines is 1. The van der Waals surface area contributed by atoms with E-state index in [1.807, 2.05) is 0 Å². The largest absolute Gasteiger partial charge is 0.350 e. The fraction of sp³-hybridized carbons (Fsp3) is 0.667. The molecule has 0 spiro atoms. The van der Waals surface area contributed by atoms with E-state index in [0.717, 1.165) is 25.5 Å². The lowest BCUT2D eigenvalue weighted by Gasteiger charge is -2.36. The van der Waals surface area contributed by atoms with E-state index >= 15 is 0 Å². The number of hydrogen-bond acceptors (Lipinski definition) is 4. The summed E-state index contributed by atoms with van der Waals surface area (Å²) in [6.45, 7) is 7.63. The standard InChI is InChI=1S/C12H17IN4O/c1-12(2)8-4-14-3-7(8)5-17(12)10-9(13)11(18)16-6-15-10/h6-8,14H,3-5H2,1-2H3,(H,15,16,18). The first-order chi connectivity index (χ1) is 8.51. The van der Waals surface area contributed by atoms with Crippen LogP contribution in [0.2, 0.25) is 0 Å². The molecule has 0 aliphatic carbocycles. The zero-order valence-corrected chi connectivity index (χ0v) is 12.7. The number of fused-ring (bicyclic) bond motifs is 1. The van der Waals surface area contributed by atoms with Gasteiger partial charge in [-0.15, -0.1) is 0 Å². The zero-order chi connectivity index (χ0) is 12.9. The van der Waals surface area contributed by atoms with Crippen molar-refractivity contribution in [3.8, 4) is 0 Å². The molecule has 6 heteroatoms. The number of rotatable bonds is 1. The average Bonchev–Trinajstić information content (AvgIpc) is 2.86. The second kappa shape index (κ2) is 4.19. The Morgan fingerprint density at radius 1 is 1.50 bits per heavy atom. The van der Waals surface area contributed by atoms with E-state index in [9.17, 15) is 4.79 Å². The van der Waals surface area contributed by atoms with Gasteiger partial charge in [0.25, 0.3) is 5.56 Å². The molecule has 3 rings (SSSR count). The van der Waals surface area contributed by atoms with Crippen LogP contribution < -0.4 is 15.8 Å². The lowest BCUT2D eigenvalue weighted by molar-refractivity contribution is 0.356. The molecule has 0 aromatic carbocycles. The maximum atomic E-state index is 11.7. The molecular formula is C12H17IN4O. The first-order valence-electron chi connectivity index (χ1n) is 6.23. The van der Waals surface area contributed by atoms with Gasteiger partial charge in [-0.05, 0) is 48.3 Å². The number of aromatic nitrogens is 2. The van der Waals surface area contributed by atoms with Gasteiger partial charge in [0.05, 0.1) is 6.33 Å². The number of nitrogens with one attached hydrogen (secondary N) is 2. The fourth-order valence-electron chi connectivity index (χ4n) is 3.34. The molecule has 5 nitrogen and oxygen atoms in total. The van der Waals surface area contributed by atoms with Gasteiger partial charge in [-0.1, -0.05) is 0 Å². The highest BCUT2D eigenvalue weighted by atomic mass is 127. The molecule has 2 atom stereocenters. The summed E-state index contributed by atoms with van der Waals surface area (Å²) in [5.74, 6) is 2.13.